The van der Waals surface area contributed by atoms with Gasteiger partial charge >= 0.3 is 23.9 Å². The molecule has 40 heavy (non-hydrogen) atoms. The largest absolute Gasteiger partial charge is 0.491 e. The highest BCUT2D eigenvalue weighted by Crippen LogP contribution is 2.21. The SMILES string of the molecule is CC(CCCN1CCN2CCCCC2C1)Oc1ccc(C#N)cc1.O=C(O)C=CC(=O)O.O=C(O)C=CC(=O)O. The minimum Gasteiger partial charge on any atom is -0.491 e. The molecule has 0 aliphatic carbocycles. The van der Waals surface area contributed by atoms with Gasteiger partial charge in [-0.1, -0.05) is 6.42 Å². The molecule has 12 heteroatoms. The van der Waals surface area contributed by atoms with Gasteiger partial charge < -0.3 is 30.1 Å². The lowest BCUT2D eigenvalue weighted by atomic mass is 9.99. The number of carboxylic acids is 4. The van der Waals surface area contributed by atoms with Crippen molar-refractivity contribution >= 4 is 23.9 Å². The molecule has 1 aromatic rings. The fraction of sp³-hybridized carbons (Fsp3) is 0.464. The number of nitriles is 1. The average Bonchev–Trinajstić information content (AvgIpc) is 2.92. The van der Waals surface area contributed by atoms with E-state index in [1.54, 1.807) is 0 Å². The van der Waals surface area contributed by atoms with Gasteiger partial charge in [-0.25, -0.2) is 19.2 Å². The first-order chi connectivity index (χ1) is 19.0. The van der Waals surface area contributed by atoms with Crippen molar-refractivity contribution in [3.05, 3.63) is 54.1 Å². The molecule has 0 amide bonds. The van der Waals surface area contributed by atoms with Gasteiger partial charge in [-0.15, -0.1) is 0 Å². The highest BCUT2D eigenvalue weighted by atomic mass is 16.5. The molecule has 4 N–H and O–H groups in total. The molecule has 2 aliphatic heterocycles. The number of rotatable bonds is 10. The summed E-state index contributed by atoms with van der Waals surface area (Å²) in [6.45, 7) is 8.37. The number of hydrogen-bond acceptors (Lipinski definition) is 8. The van der Waals surface area contributed by atoms with Crippen molar-refractivity contribution in [2.75, 3.05) is 32.7 Å². The fourth-order valence-corrected chi connectivity index (χ4v) is 4.21. The van der Waals surface area contributed by atoms with Crippen molar-refractivity contribution in [2.45, 2.75) is 51.2 Å². The van der Waals surface area contributed by atoms with E-state index in [2.05, 4.69) is 22.8 Å². The topological polar surface area (TPSA) is 189 Å². The highest BCUT2D eigenvalue weighted by molar-refractivity contribution is 5.90. The Morgan fingerprint density at radius 2 is 1.48 bits per heavy atom. The quantitative estimate of drug-likeness (QED) is 0.307. The van der Waals surface area contributed by atoms with Gasteiger partial charge in [0.25, 0.3) is 0 Å². The van der Waals surface area contributed by atoms with Crippen LogP contribution in [0.2, 0.25) is 0 Å². The number of fused-ring (bicyclic) bond motifs is 1. The van der Waals surface area contributed by atoms with Crippen LogP contribution in [-0.4, -0.2) is 99.0 Å². The monoisotopic (exact) mass is 559 g/mol. The van der Waals surface area contributed by atoms with Crippen LogP contribution < -0.4 is 4.74 Å². The van der Waals surface area contributed by atoms with Crippen LogP contribution in [0, 0.1) is 11.3 Å². The van der Waals surface area contributed by atoms with Gasteiger partial charge in [0.1, 0.15) is 5.75 Å². The Hall–Kier alpha value is -4.21. The van der Waals surface area contributed by atoms with E-state index in [-0.39, 0.29) is 6.10 Å². The predicted molar refractivity (Wildman–Crippen MR) is 145 cm³/mol. The normalized spacial score (nSPS) is 17.8. The van der Waals surface area contributed by atoms with Gasteiger partial charge in [0.2, 0.25) is 0 Å². The third-order valence-electron chi connectivity index (χ3n) is 6.06. The van der Waals surface area contributed by atoms with Gasteiger partial charge in [-0.05, 0) is 70.0 Å². The molecule has 3 rings (SSSR count). The number of hydrogen-bond donors (Lipinski definition) is 4. The standard InChI is InChI=1S/C20H29N3O.2C4H4O4/c1-17(24-20-9-7-18(15-21)8-10-20)5-4-11-22-13-14-23-12-3-2-6-19(23)16-22;2*5-3(6)1-2-4(7)8/h7-10,17,19H,2-6,11-14,16H2,1H3;2*1-2H,(H,5,6)(H,7,8). The highest BCUT2D eigenvalue weighted by Gasteiger charge is 2.28. The summed E-state index contributed by atoms with van der Waals surface area (Å²) in [5, 5.41) is 40.1. The summed E-state index contributed by atoms with van der Waals surface area (Å²) in [6.07, 6.45) is 8.89. The number of benzene rings is 1. The molecule has 0 saturated carbocycles. The third kappa shape index (κ3) is 15.9. The van der Waals surface area contributed by atoms with E-state index >= 15 is 0 Å². The maximum absolute atomic E-state index is 9.55. The molecule has 1 aromatic carbocycles. The van der Waals surface area contributed by atoms with Gasteiger partial charge in [0.05, 0.1) is 17.7 Å². The summed E-state index contributed by atoms with van der Waals surface area (Å²) in [4.78, 5) is 43.5. The number of piperazine rings is 1. The molecule has 0 radical (unpaired) electrons. The molecule has 2 atom stereocenters. The molecule has 2 saturated heterocycles. The van der Waals surface area contributed by atoms with Crippen molar-refractivity contribution in [3.8, 4) is 11.8 Å². The number of carbonyl (C=O) groups is 4. The van der Waals surface area contributed by atoms with Crippen LogP contribution in [0.1, 0.15) is 44.6 Å². The molecule has 0 bridgehead atoms. The van der Waals surface area contributed by atoms with E-state index in [1.165, 1.54) is 58.4 Å². The second-order valence-corrected chi connectivity index (χ2v) is 9.21. The van der Waals surface area contributed by atoms with E-state index in [4.69, 9.17) is 30.4 Å². The Labute approximate surface area is 233 Å². The maximum Gasteiger partial charge on any atom is 0.328 e. The second-order valence-electron chi connectivity index (χ2n) is 9.21. The van der Waals surface area contributed by atoms with E-state index in [1.807, 2.05) is 24.3 Å². The van der Waals surface area contributed by atoms with Crippen molar-refractivity contribution in [2.24, 2.45) is 0 Å². The Morgan fingerprint density at radius 3 is 1.98 bits per heavy atom. The van der Waals surface area contributed by atoms with E-state index in [9.17, 15) is 19.2 Å². The lowest BCUT2D eigenvalue weighted by Crippen LogP contribution is -2.54. The van der Waals surface area contributed by atoms with Gasteiger partial charge in [-0.3, -0.25) is 4.90 Å². The Balaban J connectivity index is 0.000000412. The molecule has 2 fully saturated rings. The van der Waals surface area contributed by atoms with Gasteiger partial charge in [-0.2, -0.15) is 5.26 Å². The minimum atomic E-state index is -1.26. The lowest BCUT2D eigenvalue weighted by molar-refractivity contribution is -0.134. The van der Waals surface area contributed by atoms with Crippen LogP contribution in [0.3, 0.4) is 0 Å². The first-order valence-corrected chi connectivity index (χ1v) is 12.9. The summed E-state index contributed by atoms with van der Waals surface area (Å²) in [6, 6.07) is 10.3. The zero-order valence-electron chi connectivity index (χ0n) is 22.5. The Bertz CT molecular complexity index is 998. The van der Waals surface area contributed by atoms with E-state index in [0.29, 0.717) is 29.9 Å². The van der Waals surface area contributed by atoms with Gasteiger partial charge in [0.15, 0.2) is 0 Å². The number of aliphatic carboxylic acids is 4. The summed E-state index contributed by atoms with van der Waals surface area (Å²) in [5.74, 6) is -4.17. The van der Waals surface area contributed by atoms with Crippen molar-refractivity contribution < 1.29 is 44.3 Å². The lowest BCUT2D eigenvalue weighted by Gasteiger charge is -2.44. The molecule has 0 aromatic heterocycles. The number of piperidine rings is 1. The predicted octanol–water partition coefficient (Wildman–Crippen LogP) is 2.70. The van der Waals surface area contributed by atoms with Crippen molar-refractivity contribution in [3.63, 3.8) is 0 Å². The summed E-state index contributed by atoms with van der Waals surface area (Å²) in [5.41, 5.74) is 0.678. The first kappa shape index (κ1) is 33.8. The Morgan fingerprint density at radius 1 is 0.925 bits per heavy atom. The zero-order chi connectivity index (χ0) is 29.9. The molecule has 2 aliphatic rings. The molecule has 218 valence electrons. The first-order valence-electron chi connectivity index (χ1n) is 12.9. The number of ether oxygens (including phenoxy) is 1. The smallest absolute Gasteiger partial charge is 0.328 e. The third-order valence-corrected chi connectivity index (χ3v) is 6.06. The Kier molecular flexibility index (Phi) is 16.0. The summed E-state index contributed by atoms with van der Waals surface area (Å²) in [7, 11) is 0. The van der Waals surface area contributed by atoms with Gasteiger partial charge in [0, 0.05) is 50.0 Å². The van der Waals surface area contributed by atoms with Crippen LogP contribution >= 0.6 is 0 Å². The minimum absolute atomic E-state index is 0.217. The summed E-state index contributed by atoms with van der Waals surface area (Å²) >= 11 is 0. The number of carboxylic acid groups (broad SMARTS) is 4. The van der Waals surface area contributed by atoms with Crippen LogP contribution in [0.15, 0.2) is 48.6 Å². The van der Waals surface area contributed by atoms with Crippen molar-refractivity contribution in [1.82, 2.24) is 9.80 Å². The molecule has 2 unspecified atom stereocenters. The van der Waals surface area contributed by atoms with E-state index < -0.39 is 23.9 Å². The zero-order valence-corrected chi connectivity index (χ0v) is 22.5. The van der Waals surface area contributed by atoms with Crippen LogP contribution in [0.25, 0.3) is 0 Å². The number of nitrogens with zero attached hydrogens (tertiary/aromatic N) is 3. The van der Waals surface area contributed by atoms with E-state index in [0.717, 1.165) is 18.2 Å². The molecular formula is C28H37N3O9. The van der Waals surface area contributed by atoms with Crippen LogP contribution in [-0.2, 0) is 19.2 Å². The molecule has 2 heterocycles. The molecule has 12 nitrogen and oxygen atoms in total. The van der Waals surface area contributed by atoms with Crippen molar-refractivity contribution in [1.29, 1.82) is 5.26 Å². The molecule has 0 spiro atoms. The second kappa shape index (κ2) is 18.9. The van der Waals surface area contributed by atoms with Crippen LogP contribution in [0.5, 0.6) is 5.75 Å². The fourth-order valence-electron chi connectivity index (χ4n) is 4.21. The van der Waals surface area contributed by atoms with Crippen LogP contribution in [0.4, 0.5) is 0 Å². The molecular weight excluding hydrogens is 522 g/mol. The maximum atomic E-state index is 9.55. The average molecular weight is 560 g/mol. The summed E-state index contributed by atoms with van der Waals surface area (Å²) < 4.78 is 5.95.